The fraction of sp³-hybridized carbons (Fsp3) is 0.667. The van der Waals surface area contributed by atoms with Crippen LogP contribution in [0.15, 0.2) is 24.3 Å². The number of aliphatic hydroxyl groups is 1. The van der Waals surface area contributed by atoms with E-state index in [0.29, 0.717) is 24.5 Å². The number of rotatable bonds is 5. The van der Waals surface area contributed by atoms with Crippen molar-refractivity contribution in [1.82, 2.24) is 10.2 Å². The van der Waals surface area contributed by atoms with E-state index in [9.17, 15) is 5.11 Å². The summed E-state index contributed by atoms with van der Waals surface area (Å²) in [6.45, 7) is 8.32. The van der Waals surface area contributed by atoms with Gasteiger partial charge < -0.3 is 15.2 Å². The largest absolute Gasteiger partial charge is 0.494 e. The van der Waals surface area contributed by atoms with Crippen LogP contribution in [0.25, 0.3) is 0 Å². The van der Waals surface area contributed by atoms with Crippen LogP contribution in [0.3, 0.4) is 0 Å². The fourth-order valence-electron chi connectivity index (χ4n) is 4.12. The van der Waals surface area contributed by atoms with Crippen LogP contribution in [0.2, 0.25) is 0 Å². The first kappa shape index (κ1) is 15.8. The molecule has 2 aliphatic heterocycles. The van der Waals surface area contributed by atoms with Gasteiger partial charge in [0.15, 0.2) is 0 Å². The molecule has 2 aliphatic rings. The van der Waals surface area contributed by atoms with Crippen LogP contribution in [0, 0.1) is 11.3 Å². The first-order valence-electron chi connectivity index (χ1n) is 8.51. The zero-order valence-electron chi connectivity index (χ0n) is 13.6. The number of hydrogen-bond acceptors (Lipinski definition) is 4. The fourth-order valence-corrected chi connectivity index (χ4v) is 4.12. The molecule has 2 N–H and O–H groups in total. The van der Waals surface area contributed by atoms with Crippen LogP contribution in [0.4, 0.5) is 0 Å². The molecule has 4 nitrogen and oxygen atoms in total. The Morgan fingerprint density at radius 1 is 1.27 bits per heavy atom. The molecule has 0 aromatic heterocycles. The van der Waals surface area contributed by atoms with Gasteiger partial charge in [-0.15, -0.1) is 0 Å². The smallest absolute Gasteiger partial charge is 0.119 e. The highest BCUT2D eigenvalue weighted by atomic mass is 16.5. The van der Waals surface area contributed by atoms with Gasteiger partial charge in [0, 0.05) is 32.2 Å². The van der Waals surface area contributed by atoms with Crippen molar-refractivity contribution in [2.45, 2.75) is 26.3 Å². The van der Waals surface area contributed by atoms with Crippen LogP contribution in [-0.2, 0) is 6.54 Å². The minimum atomic E-state index is 0.319. The lowest BCUT2D eigenvalue weighted by Gasteiger charge is -2.38. The Bertz CT molecular complexity index is 468. The molecular weight excluding hydrogens is 276 g/mol. The molecule has 122 valence electrons. The Labute approximate surface area is 133 Å². The minimum Gasteiger partial charge on any atom is -0.494 e. The predicted octanol–water partition coefficient (Wildman–Crippen LogP) is 1.88. The zero-order valence-corrected chi connectivity index (χ0v) is 13.6. The standard InChI is InChI=1S/C18H28N2O2/c1-2-22-17-5-3-15(4-6-17)11-20-12-16(13-21)18(14-20)7-9-19-10-8-18/h3-6,16,19,21H,2,7-14H2,1H3. The first-order valence-corrected chi connectivity index (χ1v) is 8.51. The van der Waals surface area contributed by atoms with Crippen LogP contribution >= 0.6 is 0 Å². The van der Waals surface area contributed by atoms with E-state index in [1.807, 2.05) is 6.92 Å². The Morgan fingerprint density at radius 2 is 2.00 bits per heavy atom. The molecular formula is C18H28N2O2. The van der Waals surface area contributed by atoms with Gasteiger partial charge in [-0.05, 0) is 56.0 Å². The van der Waals surface area contributed by atoms with Crippen molar-refractivity contribution in [3.05, 3.63) is 29.8 Å². The van der Waals surface area contributed by atoms with Crippen molar-refractivity contribution in [1.29, 1.82) is 0 Å². The summed E-state index contributed by atoms with van der Waals surface area (Å²) in [4.78, 5) is 2.52. The third kappa shape index (κ3) is 3.29. The van der Waals surface area contributed by atoms with Gasteiger partial charge in [-0.2, -0.15) is 0 Å². The van der Waals surface area contributed by atoms with Crippen LogP contribution in [-0.4, -0.2) is 49.4 Å². The summed E-state index contributed by atoms with van der Waals surface area (Å²) in [5.74, 6) is 1.37. The number of nitrogens with zero attached hydrogens (tertiary/aromatic N) is 1. The van der Waals surface area contributed by atoms with E-state index in [1.54, 1.807) is 0 Å². The van der Waals surface area contributed by atoms with Gasteiger partial charge in [-0.3, -0.25) is 4.90 Å². The molecule has 2 saturated heterocycles. The molecule has 0 saturated carbocycles. The summed E-state index contributed by atoms with van der Waals surface area (Å²) < 4.78 is 5.50. The first-order chi connectivity index (χ1) is 10.8. The molecule has 1 aromatic carbocycles. The SMILES string of the molecule is CCOc1ccc(CN2CC(CO)C3(CCNCC3)C2)cc1. The van der Waals surface area contributed by atoms with Gasteiger partial charge in [-0.25, -0.2) is 0 Å². The van der Waals surface area contributed by atoms with Gasteiger partial charge in [0.1, 0.15) is 5.75 Å². The van der Waals surface area contributed by atoms with E-state index in [4.69, 9.17) is 4.74 Å². The molecule has 4 heteroatoms. The lowest BCUT2D eigenvalue weighted by atomic mass is 9.71. The summed E-state index contributed by atoms with van der Waals surface area (Å²) in [6.07, 6.45) is 2.38. The molecule has 0 bridgehead atoms. The van der Waals surface area contributed by atoms with Crippen molar-refractivity contribution in [2.24, 2.45) is 11.3 Å². The number of piperidine rings is 1. The van der Waals surface area contributed by atoms with Gasteiger partial charge in [-0.1, -0.05) is 12.1 Å². The summed E-state index contributed by atoms with van der Waals surface area (Å²) >= 11 is 0. The second kappa shape index (κ2) is 6.99. The highest BCUT2D eigenvalue weighted by Crippen LogP contribution is 2.43. The van der Waals surface area contributed by atoms with E-state index in [1.165, 1.54) is 18.4 Å². The number of nitrogens with one attached hydrogen (secondary N) is 1. The second-order valence-electron chi connectivity index (χ2n) is 6.74. The molecule has 0 radical (unpaired) electrons. The monoisotopic (exact) mass is 304 g/mol. The maximum absolute atomic E-state index is 9.80. The zero-order chi connectivity index (χ0) is 15.4. The van der Waals surface area contributed by atoms with E-state index in [2.05, 4.69) is 34.5 Å². The molecule has 1 spiro atoms. The second-order valence-corrected chi connectivity index (χ2v) is 6.74. The molecule has 1 atom stereocenters. The number of benzene rings is 1. The van der Waals surface area contributed by atoms with E-state index in [-0.39, 0.29) is 0 Å². The third-order valence-corrected chi connectivity index (χ3v) is 5.34. The minimum absolute atomic E-state index is 0.319. The Hall–Kier alpha value is -1.10. The Balaban J connectivity index is 1.63. The normalized spacial score (nSPS) is 24.7. The Morgan fingerprint density at radius 3 is 2.64 bits per heavy atom. The molecule has 1 aromatic rings. The average molecular weight is 304 g/mol. The van der Waals surface area contributed by atoms with Crippen molar-refractivity contribution < 1.29 is 9.84 Å². The van der Waals surface area contributed by atoms with Crippen LogP contribution in [0.5, 0.6) is 5.75 Å². The number of likely N-dealkylation sites (tertiary alicyclic amines) is 1. The van der Waals surface area contributed by atoms with Crippen LogP contribution < -0.4 is 10.1 Å². The number of aliphatic hydroxyl groups excluding tert-OH is 1. The molecule has 22 heavy (non-hydrogen) atoms. The molecule has 2 heterocycles. The molecule has 1 unspecified atom stereocenters. The summed E-state index contributed by atoms with van der Waals surface area (Å²) in [5, 5.41) is 13.2. The highest BCUT2D eigenvalue weighted by Gasteiger charge is 2.46. The summed E-state index contributed by atoms with van der Waals surface area (Å²) in [6, 6.07) is 8.43. The summed E-state index contributed by atoms with van der Waals surface area (Å²) in [7, 11) is 0. The third-order valence-electron chi connectivity index (χ3n) is 5.34. The molecule has 0 aliphatic carbocycles. The van der Waals surface area contributed by atoms with Gasteiger partial charge in [0.2, 0.25) is 0 Å². The number of hydrogen-bond donors (Lipinski definition) is 2. The lowest BCUT2D eigenvalue weighted by molar-refractivity contribution is 0.0984. The highest BCUT2D eigenvalue weighted by molar-refractivity contribution is 5.27. The number of ether oxygens (including phenoxy) is 1. The van der Waals surface area contributed by atoms with E-state index >= 15 is 0 Å². The van der Waals surface area contributed by atoms with Crippen molar-refractivity contribution in [3.8, 4) is 5.75 Å². The van der Waals surface area contributed by atoms with Gasteiger partial charge in [0.05, 0.1) is 6.61 Å². The van der Waals surface area contributed by atoms with Crippen molar-refractivity contribution in [3.63, 3.8) is 0 Å². The maximum Gasteiger partial charge on any atom is 0.119 e. The van der Waals surface area contributed by atoms with Crippen molar-refractivity contribution >= 4 is 0 Å². The van der Waals surface area contributed by atoms with Crippen molar-refractivity contribution in [2.75, 3.05) is 39.4 Å². The van der Waals surface area contributed by atoms with Crippen LogP contribution in [0.1, 0.15) is 25.3 Å². The predicted molar refractivity (Wildman–Crippen MR) is 88.0 cm³/mol. The molecule has 2 fully saturated rings. The summed E-state index contributed by atoms with van der Waals surface area (Å²) in [5.41, 5.74) is 1.65. The van der Waals surface area contributed by atoms with Gasteiger partial charge in [0.25, 0.3) is 0 Å². The average Bonchev–Trinajstić information content (AvgIpc) is 2.87. The molecule has 3 rings (SSSR count). The quantitative estimate of drug-likeness (QED) is 0.872. The molecule has 0 amide bonds. The Kier molecular flexibility index (Phi) is 5.01. The topological polar surface area (TPSA) is 44.7 Å². The van der Waals surface area contributed by atoms with E-state index in [0.717, 1.165) is 38.5 Å². The maximum atomic E-state index is 9.80. The van der Waals surface area contributed by atoms with Gasteiger partial charge >= 0.3 is 0 Å². The lowest BCUT2D eigenvalue weighted by Crippen LogP contribution is -2.42. The van der Waals surface area contributed by atoms with E-state index < -0.39 is 0 Å².